The van der Waals surface area contributed by atoms with Crippen LogP contribution in [-0.2, 0) is 0 Å². The van der Waals surface area contributed by atoms with E-state index in [1.807, 2.05) is 17.8 Å². The summed E-state index contributed by atoms with van der Waals surface area (Å²) in [6.45, 7) is 1.97. The minimum Gasteiger partial charge on any atom is -0.493 e. The molecular weight excluding hydrogens is 140 g/mol. The Labute approximate surface area is 66.0 Å². The summed E-state index contributed by atoms with van der Waals surface area (Å²) in [7, 11) is 1.68. The van der Waals surface area contributed by atoms with Crippen molar-refractivity contribution >= 4 is 0 Å². The monoisotopic (exact) mass is 152 g/mol. The van der Waals surface area contributed by atoms with Gasteiger partial charge in [-0.1, -0.05) is 0 Å². The summed E-state index contributed by atoms with van der Waals surface area (Å²) in [5, 5.41) is 4.34. The average Bonchev–Trinajstić information content (AvgIpc) is 2.76. The molecule has 2 rings (SSSR count). The molecule has 0 spiro atoms. The molecule has 60 valence electrons. The molecule has 0 aliphatic heterocycles. The topological polar surface area (TPSA) is 27.1 Å². The Morgan fingerprint density at radius 3 is 2.82 bits per heavy atom. The van der Waals surface area contributed by atoms with Crippen molar-refractivity contribution in [2.45, 2.75) is 25.8 Å². The van der Waals surface area contributed by atoms with E-state index in [0.29, 0.717) is 6.04 Å². The van der Waals surface area contributed by atoms with Gasteiger partial charge in [-0.05, 0) is 19.8 Å². The highest BCUT2D eigenvalue weighted by Crippen LogP contribution is 2.35. The first-order valence-electron chi connectivity index (χ1n) is 3.91. The molecule has 0 radical (unpaired) electrons. The van der Waals surface area contributed by atoms with Gasteiger partial charge in [0.2, 0.25) is 0 Å². The van der Waals surface area contributed by atoms with E-state index >= 15 is 0 Å². The van der Waals surface area contributed by atoms with Crippen LogP contribution in [0.1, 0.15) is 24.6 Å². The van der Waals surface area contributed by atoms with Gasteiger partial charge in [0.1, 0.15) is 5.69 Å². The van der Waals surface area contributed by atoms with E-state index in [1.54, 1.807) is 7.11 Å². The number of methoxy groups -OCH3 is 1. The van der Waals surface area contributed by atoms with Crippen molar-refractivity contribution in [3.8, 4) is 5.75 Å². The van der Waals surface area contributed by atoms with Crippen LogP contribution >= 0.6 is 0 Å². The number of hydrogen-bond acceptors (Lipinski definition) is 2. The van der Waals surface area contributed by atoms with Gasteiger partial charge in [-0.2, -0.15) is 5.10 Å². The van der Waals surface area contributed by atoms with Gasteiger partial charge in [-0.15, -0.1) is 0 Å². The Balaban J connectivity index is 2.28. The van der Waals surface area contributed by atoms with Gasteiger partial charge in [0.05, 0.1) is 19.3 Å². The number of ether oxygens (including phenoxy) is 1. The molecule has 1 saturated carbocycles. The summed E-state index contributed by atoms with van der Waals surface area (Å²) in [5.74, 6) is 0.900. The van der Waals surface area contributed by atoms with Crippen LogP contribution in [0.3, 0.4) is 0 Å². The predicted octanol–water partition coefficient (Wildman–Crippen LogP) is 1.54. The molecule has 0 saturated heterocycles. The van der Waals surface area contributed by atoms with Crippen molar-refractivity contribution in [3.05, 3.63) is 11.9 Å². The first-order chi connectivity index (χ1) is 5.31. The van der Waals surface area contributed by atoms with Crippen molar-refractivity contribution in [1.29, 1.82) is 0 Å². The highest BCUT2D eigenvalue weighted by atomic mass is 16.5. The van der Waals surface area contributed by atoms with E-state index in [0.717, 1.165) is 11.4 Å². The maximum Gasteiger partial charge on any atom is 0.159 e. The van der Waals surface area contributed by atoms with E-state index in [1.165, 1.54) is 12.8 Å². The second-order valence-electron chi connectivity index (χ2n) is 2.99. The van der Waals surface area contributed by atoms with Crippen LogP contribution in [0.15, 0.2) is 6.20 Å². The Bertz CT molecular complexity index is 263. The molecule has 3 heteroatoms. The van der Waals surface area contributed by atoms with E-state index in [-0.39, 0.29) is 0 Å². The van der Waals surface area contributed by atoms with Gasteiger partial charge >= 0.3 is 0 Å². The molecule has 0 N–H and O–H groups in total. The summed E-state index contributed by atoms with van der Waals surface area (Å²) in [4.78, 5) is 0. The molecule has 1 fully saturated rings. The first-order valence-corrected chi connectivity index (χ1v) is 3.91. The van der Waals surface area contributed by atoms with Crippen LogP contribution in [0.2, 0.25) is 0 Å². The summed E-state index contributed by atoms with van der Waals surface area (Å²) in [6.07, 6.45) is 4.52. The lowest BCUT2D eigenvalue weighted by molar-refractivity contribution is 0.411. The fourth-order valence-electron chi connectivity index (χ4n) is 1.19. The SMILES string of the molecule is COc1cn(C2CC2)nc1C. The molecule has 0 unspecified atom stereocenters. The lowest BCUT2D eigenvalue weighted by Gasteiger charge is -1.92. The van der Waals surface area contributed by atoms with Gasteiger partial charge in [-0.25, -0.2) is 0 Å². The van der Waals surface area contributed by atoms with Crippen LogP contribution in [0.5, 0.6) is 5.75 Å². The molecule has 1 aromatic heterocycles. The largest absolute Gasteiger partial charge is 0.493 e. The molecule has 1 heterocycles. The Morgan fingerprint density at radius 1 is 1.64 bits per heavy atom. The van der Waals surface area contributed by atoms with E-state index < -0.39 is 0 Å². The molecule has 0 atom stereocenters. The quantitative estimate of drug-likeness (QED) is 0.642. The molecule has 11 heavy (non-hydrogen) atoms. The standard InChI is InChI=1S/C8H12N2O/c1-6-8(11-2)5-10(9-6)7-3-4-7/h5,7H,3-4H2,1-2H3. The number of aromatic nitrogens is 2. The Kier molecular flexibility index (Phi) is 1.37. The molecule has 0 amide bonds. The van der Waals surface area contributed by atoms with Crippen LogP contribution in [0, 0.1) is 6.92 Å². The number of rotatable bonds is 2. The number of aryl methyl sites for hydroxylation is 1. The van der Waals surface area contributed by atoms with Crippen molar-refractivity contribution < 1.29 is 4.74 Å². The minimum atomic E-state index is 0.651. The lowest BCUT2D eigenvalue weighted by atomic mass is 10.4. The smallest absolute Gasteiger partial charge is 0.159 e. The summed E-state index contributed by atoms with van der Waals surface area (Å²) >= 11 is 0. The maximum atomic E-state index is 5.12. The van der Waals surface area contributed by atoms with Gasteiger partial charge < -0.3 is 4.74 Å². The van der Waals surface area contributed by atoms with Gasteiger partial charge in [0.15, 0.2) is 5.75 Å². The van der Waals surface area contributed by atoms with Gasteiger partial charge in [0, 0.05) is 0 Å². The molecule has 0 bridgehead atoms. The fourth-order valence-corrected chi connectivity index (χ4v) is 1.19. The van der Waals surface area contributed by atoms with Crippen molar-refractivity contribution in [2.75, 3.05) is 7.11 Å². The van der Waals surface area contributed by atoms with Gasteiger partial charge in [0.25, 0.3) is 0 Å². The molecule has 3 nitrogen and oxygen atoms in total. The molecule has 0 aromatic carbocycles. The zero-order valence-electron chi connectivity index (χ0n) is 6.87. The second-order valence-corrected chi connectivity index (χ2v) is 2.99. The fraction of sp³-hybridized carbons (Fsp3) is 0.625. The maximum absolute atomic E-state index is 5.12. The molecule has 1 aliphatic carbocycles. The first kappa shape index (κ1) is 6.70. The predicted molar refractivity (Wildman–Crippen MR) is 41.8 cm³/mol. The van der Waals surface area contributed by atoms with Crippen molar-refractivity contribution in [2.24, 2.45) is 0 Å². The van der Waals surface area contributed by atoms with Gasteiger partial charge in [-0.3, -0.25) is 4.68 Å². The van der Waals surface area contributed by atoms with Crippen molar-refractivity contribution in [3.63, 3.8) is 0 Å². The summed E-state index contributed by atoms with van der Waals surface area (Å²) in [6, 6.07) is 0.651. The van der Waals surface area contributed by atoms with E-state index in [9.17, 15) is 0 Å². The van der Waals surface area contributed by atoms with Crippen LogP contribution in [0.25, 0.3) is 0 Å². The minimum absolute atomic E-state index is 0.651. The second kappa shape index (κ2) is 2.26. The Hall–Kier alpha value is -0.990. The summed E-state index contributed by atoms with van der Waals surface area (Å²) in [5.41, 5.74) is 0.986. The zero-order valence-corrected chi connectivity index (χ0v) is 6.87. The summed E-state index contributed by atoms with van der Waals surface area (Å²) < 4.78 is 7.13. The van der Waals surface area contributed by atoms with Crippen LogP contribution < -0.4 is 4.74 Å². The highest BCUT2D eigenvalue weighted by Gasteiger charge is 2.25. The van der Waals surface area contributed by atoms with Crippen LogP contribution in [-0.4, -0.2) is 16.9 Å². The molecule has 1 aromatic rings. The number of nitrogens with zero attached hydrogens (tertiary/aromatic N) is 2. The molecule has 1 aliphatic rings. The third-order valence-corrected chi connectivity index (χ3v) is 2.01. The van der Waals surface area contributed by atoms with E-state index in [2.05, 4.69) is 5.10 Å². The highest BCUT2D eigenvalue weighted by molar-refractivity contribution is 5.23. The van der Waals surface area contributed by atoms with Crippen molar-refractivity contribution in [1.82, 2.24) is 9.78 Å². The normalized spacial score (nSPS) is 16.9. The zero-order chi connectivity index (χ0) is 7.84. The van der Waals surface area contributed by atoms with E-state index in [4.69, 9.17) is 4.74 Å². The lowest BCUT2D eigenvalue weighted by Crippen LogP contribution is -1.93. The Morgan fingerprint density at radius 2 is 2.36 bits per heavy atom. The van der Waals surface area contributed by atoms with Crippen LogP contribution in [0.4, 0.5) is 0 Å². The third kappa shape index (κ3) is 1.11. The average molecular weight is 152 g/mol. The third-order valence-electron chi connectivity index (χ3n) is 2.01. The number of hydrogen-bond donors (Lipinski definition) is 0. The molecular formula is C8H12N2O.